The first-order valence-electron chi connectivity index (χ1n) is 5.99. The van der Waals surface area contributed by atoms with Gasteiger partial charge in [-0.3, -0.25) is 9.48 Å². The smallest absolute Gasteiger partial charge is 0.305 e. The molecule has 100 valence electrons. The van der Waals surface area contributed by atoms with Gasteiger partial charge in [0.25, 0.3) is 0 Å². The maximum Gasteiger partial charge on any atom is 0.305 e. The van der Waals surface area contributed by atoms with Gasteiger partial charge >= 0.3 is 5.97 Å². The highest BCUT2D eigenvalue weighted by molar-refractivity contribution is 5.67. The van der Waals surface area contributed by atoms with E-state index < -0.39 is 5.97 Å². The zero-order valence-corrected chi connectivity index (χ0v) is 11.0. The molecule has 1 aromatic heterocycles. The molecule has 1 heterocycles. The lowest BCUT2D eigenvalue weighted by Gasteiger charge is -2.05. The maximum atomic E-state index is 10.5. The number of rotatable bonds is 5. The molecule has 1 aromatic carbocycles. The average Bonchev–Trinajstić information content (AvgIpc) is 2.85. The minimum atomic E-state index is -0.822. The van der Waals surface area contributed by atoms with Crippen LogP contribution in [0.4, 0.5) is 0 Å². The molecule has 1 N–H and O–H groups in total. The molecule has 0 aliphatic heterocycles. The second-order valence-corrected chi connectivity index (χ2v) is 4.32. The topological polar surface area (TPSA) is 64.4 Å². The van der Waals surface area contributed by atoms with E-state index in [9.17, 15) is 4.79 Å². The summed E-state index contributed by atoms with van der Waals surface area (Å²) in [5.74, 6) is 0.0272. The van der Waals surface area contributed by atoms with Crippen molar-refractivity contribution in [3.8, 4) is 16.9 Å². The summed E-state index contributed by atoms with van der Waals surface area (Å²) in [7, 11) is 1.64. The van der Waals surface area contributed by atoms with Crippen molar-refractivity contribution in [1.29, 1.82) is 0 Å². The summed E-state index contributed by atoms with van der Waals surface area (Å²) in [5, 5.41) is 12.8. The van der Waals surface area contributed by atoms with Crippen LogP contribution in [-0.4, -0.2) is 28.0 Å². The molecule has 5 nitrogen and oxygen atoms in total. The Labute approximate surface area is 111 Å². The fraction of sp³-hybridized carbons (Fsp3) is 0.286. The number of nitrogens with zero attached hydrogens (tertiary/aromatic N) is 2. The number of carbonyl (C=O) groups is 1. The number of carboxylic acid groups (broad SMARTS) is 1. The Bertz CT molecular complexity index is 590. The number of hydrogen-bond acceptors (Lipinski definition) is 3. The third-order valence-corrected chi connectivity index (χ3v) is 2.92. The number of aromatic nitrogens is 2. The van der Waals surface area contributed by atoms with Crippen LogP contribution in [-0.2, 0) is 11.3 Å². The van der Waals surface area contributed by atoms with Gasteiger partial charge in [0, 0.05) is 11.8 Å². The van der Waals surface area contributed by atoms with Crippen molar-refractivity contribution >= 4 is 5.97 Å². The molecule has 2 aromatic rings. The van der Waals surface area contributed by atoms with E-state index in [1.54, 1.807) is 18.0 Å². The van der Waals surface area contributed by atoms with Crippen molar-refractivity contribution in [3.05, 3.63) is 36.2 Å². The van der Waals surface area contributed by atoms with Crippen LogP contribution in [0.25, 0.3) is 11.1 Å². The Morgan fingerprint density at radius 1 is 1.42 bits per heavy atom. The first-order valence-corrected chi connectivity index (χ1v) is 5.99. The Balaban J connectivity index is 2.18. The van der Waals surface area contributed by atoms with Crippen LogP contribution in [0.15, 0.2) is 30.6 Å². The molecule has 0 amide bonds. The van der Waals surface area contributed by atoms with Gasteiger partial charge in [-0.1, -0.05) is 6.07 Å². The summed E-state index contributed by atoms with van der Waals surface area (Å²) < 4.78 is 6.86. The number of carboxylic acids is 1. The Hall–Kier alpha value is -2.30. The molecule has 5 heteroatoms. The molecule has 2 rings (SSSR count). The number of aliphatic carboxylic acids is 1. The molecular formula is C14H16N2O3. The van der Waals surface area contributed by atoms with Crippen molar-refractivity contribution in [1.82, 2.24) is 9.78 Å². The van der Waals surface area contributed by atoms with E-state index in [1.165, 1.54) is 0 Å². The van der Waals surface area contributed by atoms with Gasteiger partial charge in [-0.05, 0) is 30.2 Å². The number of aryl methyl sites for hydroxylation is 2. The number of methoxy groups -OCH3 is 1. The molecule has 0 radical (unpaired) electrons. The third-order valence-electron chi connectivity index (χ3n) is 2.92. The Morgan fingerprint density at radius 3 is 2.84 bits per heavy atom. The first-order chi connectivity index (χ1) is 9.10. The zero-order chi connectivity index (χ0) is 13.8. The standard InChI is InChI=1S/C14H16N2O3/c1-10-7-11(3-4-13(10)19-2)12-8-15-16(9-12)6-5-14(17)18/h3-4,7-9H,5-6H2,1-2H3,(H,17,18). The van der Waals surface area contributed by atoms with Crippen LogP contribution in [0, 0.1) is 6.92 Å². The molecule has 0 spiro atoms. The molecule has 19 heavy (non-hydrogen) atoms. The van der Waals surface area contributed by atoms with E-state index in [0.717, 1.165) is 22.4 Å². The van der Waals surface area contributed by atoms with Crippen LogP contribution >= 0.6 is 0 Å². The quantitative estimate of drug-likeness (QED) is 0.896. The lowest BCUT2D eigenvalue weighted by Crippen LogP contribution is -2.04. The molecule has 0 bridgehead atoms. The van der Waals surface area contributed by atoms with E-state index in [1.807, 2.05) is 31.3 Å². The third kappa shape index (κ3) is 3.13. The number of hydrogen-bond donors (Lipinski definition) is 1. The molecule has 0 atom stereocenters. The van der Waals surface area contributed by atoms with E-state index in [2.05, 4.69) is 5.10 Å². The minimum Gasteiger partial charge on any atom is -0.496 e. The van der Waals surface area contributed by atoms with Crippen molar-refractivity contribution in [2.75, 3.05) is 7.11 Å². The van der Waals surface area contributed by atoms with E-state index in [0.29, 0.717) is 6.54 Å². The van der Waals surface area contributed by atoms with Crippen LogP contribution in [0.5, 0.6) is 5.75 Å². The van der Waals surface area contributed by atoms with Crippen LogP contribution in [0.1, 0.15) is 12.0 Å². The largest absolute Gasteiger partial charge is 0.496 e. The highest BCUT2D eigenvalue weighted by atomic mass is 16.5. The highest BCUT2D eigenvalue weighted by Gasteiger charge is 2.06. The first kappa shape index (κ1) is 13.1. The van der Waals surface area contributed by atoms with Gasteiger partial charge in [-0.15, -0.1) is 0 Å². The molecule has 0 aliphatic carbocycles. The van der Waals surface area contributed by atoms with Gasteiger partial charge in [0.05, 0.1) is 26.3 Å². The lowest BCUT2D eigenvalue weighted by molar-refractivity contribution is -0.137. The SMILES string of the molecule is COc1ccc(-c2cnn(CCC(=O)O)c2)cc1C. The highest BCUT2D eigenvalue weighted by Crippen LogP contribution is 2.25. The maximum absolute atomic E-state index is 10.5. The lowest BCUT2D eigenvalue weighted by atomic mass is 10.1. The summed E-state index contributed by atoms with van der Waals surface area (Å²) in [4.78, 5) is 10.5. The second kappa shape index (κ2) is 5.56. The second-order valence-electron chi connectivity index (χ2n) is 4.32. The van der Waals surface area contributed by atoms with Crippen molar-refractivity contribution in [2.45, 2.75) is 19.9 Å². The van der Waals surface area contributed by atoms with E-state index in [4.69, 9.17) is 9.84 Å². The van der Waals surface area contributed by atoms with Gasteiger partial charge in [0.15, 0.2) is 0 Å². The predicted octanol–water partition coefficient (Wildman–Crippen LogP) is 2.34. The zero-order valence-electron chi connectivity index (χ0n) is 11.0. The Kier molecular flexibility index (Phi) is 3.85. The molecule has 0 unspecified atom stereocenters. The van der Waals surface area contributed by atoms with Crippen molar-refractivity contribution in [2.24, 2.45) is 0 Å². The van der Waals surface area contributed by atoms with E-state index in [-0.39, 0.29) is 6.42 Å². The van der Waals surface area contributed by atoms with Gasteiger partial charge < -0.3 is 9.84 Å². The molecule has 0 saturated carbocycles. The Morgan fingerprint density at radius 2 is 2.21 bits per heavy atom. The summed E-state index contributed by atoms with van der Waals surface area (Å²) >= 11 is 0. The van der Waals surface area contributed by atoms with Crippen LogP contribution in [0.2, 0.25) is 0 Å². The predicted molar refractivity (Wildman–Crippen MR) is 71.2 cm³/mol. The summed E-state index contributed by atoms with van der Waals surface area (Å²) in [6, 6.07) is 5.90. The normalized spacial score (nSPS) is 10.4. The number of benzene rings is 1. The number of ether oxygens (including phenoxy) is 1. The minimum absolute atomic E-state index is 0.0722. The fourth-order valence-electron chi connectivity index (χ4n) is 1.90. The summed E-state index contributed by atoms with van der Waals surface area (Å²) in [6.45, 7) is 2.36. The van der Waals surface area contributed by atoms with Crippen molar-refractivity contribution < 1.29 is 14.6 Å². The van der Waals surface area contributed by atoms with E-state index >= 15 is 0 Å². The molecule has 0 fully saturated rings. The monoisotopic (exact) mass is 260 g/mol. The van der Waals surface area contributed by atoms with Gasteiger partial charge in [-0.2, -0.15) is 5.10 Å². The van der Waals surface area contributed by atoms with Gasteiger partial charge in [0.1, 0.15) is 5.75 Å². The summed E-state index contributed by atoms with van der Waals surface area (Å²) in [6.07, 6.45) is 3.66. The van der Waals surface area contributed by atoms with Gasteiger partial charge in [0.2, 0.25) is 0 Å². The molecule has 0 aliphatic rings. The van der Waals surface area contributed by atoms with Gasteiger partial charge in [-0.25, -0.2) is 0 Å². The van der Waals surface area contributed by atoms with Crippen LogP contribution < -0.4 is 4.74 Å². The fourth-order valence-corrected chi connectivity index (χ4v) is 1.90. The van der Waals surface area contributed by atoms with Crippen LogP contribution in [0.3, 0.4) is 0 Å². The van der Waals surface area contributed by atoms with Crippen molar-refractivity contribution in [3.63, 3.8) is 0 Å². The molecule has 0 saturated heterocycles. The summed E-state index contributed by atoms with van der Waals surface area (Å²) in [5.41, 5.74) is 3.06. The average molecular weight is 260 g/mol. The molecular weight excluding hydrogens is 244 g/mol.